The van der Waals surface area contributed by atoms with Crippen LogP contribution in [0.1, 0.15) is 36.3 Å². The molecule has 2 heterocycles. The summed E-state index contributed by atoms with van der Waals surface area (Å²) in [5, 5.41) is 3.03. The van der Waals surface area contributed by atoms with Crippen molar-refractivity contribution in [3.63, 3.8) is 0 Å². The number of hydrogen-bond donors (Lipinski definition) is 1. The van der Waals surface area contributed by atoms with E-state index in [1.54, 1.807) is 0 Å². The standard InChI is InChI=1S/C23H27N3O2/c27-22(17-25-13-11-20(16-25)19-7-2-1-3-8-19)24-15-18-6-4-9-21(14-18)26-12-5-10-23(26)28/h1-4,6-9,14,20H,5,10-13,15-17H2,(H,24,27). The lowest BCUT2D eigenvalue weighted by Gasteiger charge is -2.18. The molecular weight excluding hydrogens is 350 g/mol. The Balaban J connectivity index is 1.27. The summed E-state index contributed by atoms with van der Waals surface area (Å²) in [6.07, 6.45) is 2.64. The fourth-order valence-corrected chi connectivity index (χ4v) is 4.19. The minimum absolute atomic E-state index is 0.0522. The first-order valence-electron chi connectivity index (χ1n) is 10.1. The van der Waals surface area contributed by atoms with Crippen molar-refractivity contribution in [2.24, 2.45) is 0 Å². The summed E-state index contributed by atoms with van der Waals surface area (Å²) in [6.45, 7) is 3.61. The highest BCUT2D eigenvalue weighted by Gasteiger charge is 2.25. The second-order valence-electron chi connectivity index (χ2n) is 7.73. The Hall–Kier alpha value is -2.66. The minimum atomic E-state index is 0.0522. The Kier molecular flexibility index (Phi) is 5.72. The lowest BCUT2D eigenvalue weighted by atomic mass is 9.99. The smallest absolute Gasteiger partial charge is 0.234 e. The zero-order chi connectivity index (χ0) is 19.3. The predicted molar refractivity (Wildman–Crippen MR) is 110 cm³/mol. The SMILES string of the molecule is O=C(CN1CCC(c2ccccc2)C1)NCc1cccc(N2CCCC2=O)c1. The van der Waals surface area contributed by atoms with Crippen LogP contribution in [-0.4, -0.2) is 42.9 Å². The van der Waals surface area contributed by atoms with Crippen molar-refractivity contribution in [3.05, 3.63) is 65.7 Å². The van der Waals surface area contributed by atoms with Gasteiger partial charge in [0.15, 0.2) is 0 Å². The number of likely N-dealkylation sites (tertiary alicyclic amines) is 1. The molecule has 1 atom stereocenters. The molecule has 0 spiro atoms. The van der Waals surface area contributed by atoms with E-state index in [1.165, 1.54) is 5.56 Å². The fourth-order valence-electron chi connectivity index (χ4n) is 4.19. The predicted octanol–water partition coefficient (Wildman–Crippen LogP) is 2.92. The molecule has 5 heteroatoms. The van der Waals surface area contributed by atoms with Gasteiger partial charge < -0.3 is 10.2 Å². The molecule has 28 heavy (non-hydrogen) atoms. The van der Waals surface area contributed by atoms with Crippen molar-refractivity contribution in [2.45, 2.75) is 31.7 Å². The Bertz CT molecular complexity index is 837. The van der Waals surface area contributed by atoms with Gasteiger partial charge in [0.2, 0.25) is 11.8 Å². The monoisotopic (exact) mass is 377 g/mol. The third-order valence-electron chi connectivity index (χ3n) is 5.70. The average molecular weight is 377 g/mol. The molecular formula is C23H27N3O2. The van der Waals surface area contributed by atoms with Gasteiger partial charge in [-0.1, -0.05) is 42.5 Å². The van der Waals surface area contributed by atoms with Crippen LogP contribution in [0.4, 0.5) is 5.69 Å². The van der Waals surface area contributed by atoms with Crippen LogP contribution < -0.4 is 10.2 Å². The topological polar surface area (TPSA) is 52.7 Å². The number of benzene rings is 2. The van der Waals surface area contributed by atoms with E-state index in [0.717, 1.165) is 43.7 Å². The minimum Gasteiger partial charge on any atom is -0.351 e. The highest BCUT2D eigenvalue weighted by molar-refractivity contribution is 5.95. The van der Waals surface area contributed by atoms with Crippen LogP contribution in [0.15, 0.2) is 54.6 Å². The van der Waals surface area contributed by atoms with E-state index in [-0.39, 0.29) is 11.8 Å². The molecule has 2 aromatic carbocycles. The summed E-state index contributed by atoms with van der Waals surface area (Å²) in [5.41, 5.74) is 3.31. The number of anilines is 1. The van der Waals surface area contributed by atoms with Crippen LogP contribution in [0.2, 0.25) is 0 Å². The number of rotatable bonds is 6. The van der Waals surface area contributed by atoms with E-state index in [4.69, 9.17) is 0 Å². The maximum atomic E-state index is 12.4. The van der Waals surface area contributed by atoms with Gasteiger partial charge in [0.1, 0.15) is 0 Å². The number of carbonyl (C=O) groups is 2. The lowest BCUT2D eigenvalue weighted by molar-refractivity contribution is -0.122. The first-order chi connectivity index (χ1) is 13.7. The van der Waals surface area contributed by atoms with Gasteiger partial charge >= 0.3 is 0 Å². The van der Waals surface area contributed by atoms with Crippen LogP contribution in [0.25, 0.3) is 0 Å². The Labute approximate surface area is 166 Å². The summed E-state index contributed by atoms with van der Waals surface area (Å²) in [7, 11) is 0. The second kappa shape index (κ2) is 8.57. The second-order valence-corrected chi connectivity index (χ2v) is 7.73. The van der Waals surface area contributed by atoms with Gasteiger partial charge in [-0.2, -0.15) is 0 Å². The van der Waals surface area contributed by atoms with Crippen LogP contribution in [0.3, 0.4) is 0 Å². The number of hydrogen-bond acceptors (Lipinski definition) is 3. The van der Waals surface area contributed by atoms with Gasteiger partial charge in [-0.15, -0.1) is 0 Å². The van der Waals surface area contributed by atoms with Crippen molar-refractivity contribution in [1.82, 2.24) is 10.2 Å². The van der Waals surface area contributed by atoms with Gasteiger partial charge in [0.25, 0.3) is 0 Å². The summed E-state index contributed by atoms with van der Waals surface area (Å²) in [5.74, 6) is 0.753. The molecule has 2 aromatic rings. The quantitative estimate of drug-likeness (QED) is 0.842. The van der Waals surface area contributed by atoms with Crippen LogP contribution in [0.5, 0.6) is 0 Å². The van der Waals surface area contributed by atoms with Gasteiger partial charge in [-0.3, -0.25) is 14.5 Å². The molecule has 2 aliphatic heterocycles. The Morgan fingerprint density at radius 1 is 1.07 bits per heavy atom. The fraction of sp³-hybridized carbons (Fsp3) is 0.391. The zero-order valence-corrected chi connectivity index (χ0v) is 16.1. The maximum Gasteiger partial charge on any atom is 0.234 e. The Morgan fingerprint density at radius 3 is 2.71 bits per heavy atom. The molecule has 1 N–H and O–H groups in total. The van der Waals surface area contributed by atoms with Gasteiger partial charge in [-0.05, 0) is 48.6 Å². The van der Waals surface area contributed by atoms with E-state index in [0.29, 0.717) is 25.4 Å². The van der Waals surface area contributed by atoms with Gasteiger partial charge in [0.05, 0.1) is 6.54 Å². The van der Waals surface area contributed by atoms with E-state index in [9.17, 15) is 9.59 Å². The normalized spacial score (nSPS) is 19.9. The largest absolute Gasteiger partial charge is 0.351 e. The van der Waals surface area contributed by atoms with E-state index >= 15 is 0 Å². The number of nitrogens with zero attached hydrogens (tertiary/aromatic N) is 2. The van der Waals surface area contributed by atoms with Gasteiger partial charge in [0, 0.05) is 31.7 Å². The van der Waals surface area contributed by atoms with Crippen LogP contribution in [0, 0.1) is 0 Å². The van der Waals surface area contributed by atoms with Crippen LogP contribution >= 0.6 is 0 Å². The Morgan fingerprint density at radius 2 is 1.93 bits per heavy atom. The first-order valence-corrected chi connectivity index (χ1v) is 10.1. The van der Waals surface area contributed by atoms with Crippen molar-refractivity contribution in [3.8, 4) is 0 Å². The first kappa shape index (κ1) is 18.7. The molecule has 2 amide bonds. The van der Waals surface area contributed by atoms with Gasteiger partial charge in [-0.25, -0.2) is 0 Å². The summed E-state index contributed by atoms with van der Waals surface area (Å²) in [6, 6.07) is 18.5. The molecule has 0 saturated carbocycles. The summed E-state index contributed by atoms with van der Waals surface area (Å²) in [4.78, 5) is 28.4. The van der Waals surface area contributed by atoms with Crippen molar-refractivity contribution >= 4 is 17.5 Å². The zero-order valence-electron chi connectivity index (χ0n) is 16.1. The third-order valence-corrected chi connectivity index (χ3v) is 5.70. The highest BCUT2D eigenvalue weighted by atomic mass is 16.2. The lowest BCUT2D eigenvalue weighted by Crippen LogP contribution is -2.35. The molecule has 2 fully saturated rings. The van der Waals surface area contributed by atoms with Crippen molar-refractivity contribution in [2.75, 3.05) is 31.1 Å². The van der Waals surface area contributed by atoms with E-state index in [2.05, 4.69) is 34.5 Å². The van der Waals surface area contributed by atoms with E-state index < -0.39 is 0 Å². The summed E-state index contributed by atoms with van der Waals surface area (Å²) >= 11 is 0. The van der Waals surface area contributed by atoms with Crippen molar-refractivity contribution in [1.29, 1.82) is 0 Å². The molecule has 0 aromatic heterocycles. The van der Waals surface area contributed by atoms with E-state index in [1.807, 2.05) is 35.2 Å². The molecule has 0 aliphatic carbocycles. The highest BCUT2D eigenvalue weighted by Crippen LogP contribution is 2.26. The molecule has 2 saturated heterocycles. The number of amides is 2. The average Bonchev–Trinajstić information content (AvgIpc) is 3.36. The van der Waals surface area contributed by atoms with Crippen molar-refractivity contribution < 1.29 is 9.59 Å². The molecule has 2 aliphatic rings. The number of carbonyl (C=O) groups excluding carboxylic acids is 2. The number of nitrogens with one attached hydrogen (secondary N) is 1. The van der Waals surface area contributed by atoms with Crippen LogP contribution in [-0.2, 0) is 16.1 Å². The molecule has 0 bridgehead atoms. The molecule has 146 valence electrons. The molecule has 1 unspecified atom stereocenters. The summed E-state index contributed by atoms with van der Waals surface area (Å²) < 4.78 is 0. The molecule has 0 radical (unpaired) electrons. The molecule has 5 nitrogen and oxygen atoms in total. The third kappa shape index (κ3) is 4.42. The maximum absolute atomic E-state index is 12.4. The molecule has 4 rings (SSSR count).